The monoisotopic (exact) mass is 3010 g/mol. The van der Waals surface area contributed by atoms with Crippen molar-refractivity contribution in [3.8, 4) is 12.3 Å². The van der Waals surface area contributed by atoms with Crippen LogP contribution in [0, 0.1) is 60.0 Å². The standard InChI is InChI=1S/C51H86N5O12.C41H74N2O12.C10H12N3.3CH4.4No/c1-14-40-51(10,62)44(58)35(6)55(12)29-31(2)27-49(8,61)46(33(4)43(34(5)47(60)66-40)67-41-28-50(9,63-13)45(59)36(7)65-41)68-48-42(57)39(26-32(3)64-48)54(11)25-23-38-30-56(53-52-38)24-19-18-22-37-20-16-15-17-21-37;1-15-17-18-42(12)29-19-24(4)51-38(32(29)44)55-36-25(5)33(54-31-21-40(10,50-14)35(46)28(8)52-31)26(6)37(47)53-30(16-2)41(11,49)34(45)27(7)43(13)22-23(3)20-39(36,9)48;11-13-12-9-5-4-8-10-6-2-1-3-7-10;;;;;;;/h16-17,20-21,30-36,39-46,48,57-59,61-62H,14,18-19,22-29H2,1-13H3;1,23-36,38,44-46,48-49H,16-22H2,2-14H3;2-3,6-7H,4-5,8-9H2;3*1H4;;;;/q-1;;-1;;;;;;;/t31-,32-,33+,34-,35-,36+,39+,40-,41+,42-,43+,44-,45+,46-,48+,49-,50-,51-;23-,24-,25+,26-,27-,28+,29+,30-,31+,32-,33+,34-,35+,36-,38+,39-,40-,41-;;;;;;;;/m11......../s1. The van der Waals surface area contributed by atoms with E-state index in [0.29, 0.717) is 58.4 Å². The Labute approximate surface area is 832 Å². The molecule has 38 heteroatoms. The first-order valence-electron chi connectivity index (χ1n) is 49.6. The third kappa shape index (κ3) is 35.4. The first kappa shape index (κ1) is 133. The Kier molecular flexibility index (Phi) is 55.3. The molecule has 0 saturated carbocycles. The maximum atomic E-state index is 14.5. The van der Waals surface area contributed by atoms with Crippen molar-refractivity contribution in [2.45, 2.75) is 451 Å². The topological polar surface area (TPSA) is 440 Å². The number of carbonyl (C=O) groups excluding carboxylic acids is 2. The fraction of sp³-hybridized carbons (Fsp3) is 0.829. The summed E-state index contributed by atoms with van der Waals surface area (Å²) in [5, 5.41) is 130. The second-order valence-corrected chi connectivity index (χ2v) is 41.7. The number of aryl methyl sites for hydroxylation is 3. The molecule has 143 heavy (non-hydrogen) atoms. The van der Waals surface area contributed by atoms with Crippen LogP contribution in [0.25, 0.3) is 10.4 Å². The minimum Gasteiger partial charge on any atom is -0.459 e. The van der Waals surface area contributed by atoms with Crippen molar-refractivity contribution >= 4 is 11.9 Å². The van der Waals surface area contributed by atoms with Crippen molar-refractivity contribution in [2.75, 3.05) is 75.1 Å². The van der Waals surface area contributed by atoms with Crippen molar-refractivity contribution in [1.82, 2.24) is 34.6 Å². The van der Waals surface area contributed by atoms with E-state index in [1.54, 1.807) is 83.1 Å². The quantitative estimate of drug-likeness (QED) is 0.00587. The van der Waals surface area contributed by atoms with Gasteiger partial charge < -0.3 is 123 Å². The van der Waals surface area contributed by atoms with Crippen LogP contribution in [0.4, 0.5) is 0 Å². The van der Waals surface area contributed by atoms with E-state index < -0.39 is 192 Å². The van der Waals surface area contributed by atoms with Gasteiger partial charge in [0.05, 0.1) is 88.8 Å². The van der Waals surface area contributed by atoms with Crippen molar-refractivity contribution in [1.29, 1.82) is 0 Å². The molecule has 6 saturated heterocycles. The summed E-state index contributed by atoms with van der Waals surface area (Å²) >= 11 is 0. The van der Waals surface area contributed by atoms with Crippen molar-refractivity contribution in [3.05, 3.63) is 94.1 Å². The number of ether oxygens (including phenoxy) is 12. The molecule has 0 aliphatic carbocycles. The number of nitrogens with zero attached hydrogens (tertiary/aromatic N) is 10. The van der Waals surface area contributed by atoms with Gasteiger partial charge in [-0.2, -0.15) is 71.8 Å². The summed E-state index contributed by atoms with van der Waals surface area (Å²) in [5.41, 5.74) is 2.59. The smallest absolute Gasteiger partial charge is 0.311 e. The fourth-order valence-corrected chi connectivity index (χ4v) is 21.1. The van der Waals surface area contributed by atoms with Crippen LogP contribution in [-0.4, -0.2) is 353 Å². The van der Waals surface area contributed by atoms with Gasteiger partial charge in [0.15, 0.2) is 25.2 Å². The summed E-state index contributed by atoms with van der Waals surface area (Å²) in [7, 11) is 10.6. The van der Waals surface area contributed by atoms with Gasteiger partial charge in [0.1, 0.15) is 60.0 Å². The van der Waals surface area contributed by atoms with Gasteiger partial charge in [0.25, 0.3) is 0 Å². The Hall–Kier alpha value is -9.57. The molecule has 0 bridgehead atoms. The Morgan fingerprint density at radius 2 is 0.930 bits per heavy atom. The number of cyclic esters (lactones) is 2. The number of hydrogen-bond acceptors (Lipinski definition) is 31. The van der Waals surface area contributed by atoms with Crippen LogP contribution in [0.15, 0.2) is 59.8 Å². The molecule has 1 aromatic heterocycles. The fourth-order valence-electron chi connectivity index (χ4n) is 21.1. The molecule has 10 N–H and O–H groups in total. The van der Waals surface area contributed by atoms with Crippen LogP contribution in [0.2, 0.25) is 0 Å². The number of aliphatic hydroxyl groups is 10. The van der Waals surface area contributed by atoms with E-state index in [4.69, 9.17) is 68.8 Å². The first-order chi connectivity index (χ1) is 63.8. The van der Waals surface area contributed by atoms with Crippen LogP contribution in [-0.2, 0) is 92.2 Å². The third-order valence-electron chi connectivity index (χ3n) is 29.9. The second kappa shape index (κ2) is 59.3. The van der Waals surface area contributed by atoms with Crippen LogP contribution in [0.5, 0.6) is 0 Å². The number of unbranched alkanes of at least 4 members (excludes halogenated alkanes) is 2. The Balaban J connectivity index is 0.00000242. The molecule has 0 radical (unpaired) electrons. The molecule has 6 aliphatic rings. The van der Waals surface area contributed by atoms with Crippen molar-refractivity contribution < 1.29 is 117 Å². The van der Waals surface area contributed by atoms with Gasteiger partial charge in [-0.05, 0) is 200 Å². The molecule has 6 aliphatic heterocycles. The Morgan fingerprint density at radius 3 is 1.29 bits per heavy atom. The van der Waals surface area contributed by atoms with E-state index in [1.165, 1.54) is 39.2 Å². The molecule has 6 fully saturated rings. The Morgan fingerprint density at radius 1 is 0.552 bits per heavy atom. The van der Waals surface area contributed by atoms with E-state index in [9.17, 15) is 60.7 Å². The summed E-state index contributed by atoms with van der Waals surface area (Å²) in [5.74, 6) is -2.73. The molecule has 0 amide bonds. The first-order valence-corrected chi connectivity index (χ1v) is 49.6. The van der Waals surface area contributed by atoms with E-state index in [1.807, 2.05) is 120 Å². The maximum Gasteiger partial charge on any atom is 0.311 e. The Bertz CT molecular complexity index is 4120. The number of aliphatic hydroxyl groups excluding tert-OH is 6. The normalized spacial score (nSPS) is 38.4. The number of hydrogen-bond donors (Lipinski definition) is 10. The van der Waals surface area contributed by atoms with Crippen molar-refractivity contribution in [2.24, 2.45) is 40.6 Å². The predicted octanol–water partition coefficient (Wildman–Crippen LogP) is 11.3. The minimum atomic E-state index is -1.83. The van der Waals surface area contributed by atoms with Gasteiger partial charge in [-0.1, -0.05) is 93.4 Å². The number of azide groups is 1. The molecule has 856 valence electrons. The maximum absolute atomic E-state index is 14.5. The van der Waals surface area contributed by atoms with Crippen LogP contribution >= 0.6 is 0 Å². The molecule has 3 aromatic rings. The summed E-state index contributed by atoms with van der Waals surface area (Å²) < 4.78 is 77.9. The number of aromatic nitrogens is 3. The number of benzene rings is 2. The average molecular weight is 3010 g/mol. The number of carbonyl (C=O) groups is 2. The summed E-state index contributed by atoms with van der Waals surface area (Å²) in [4.78, 5) is 39.4. The van der Waals surface area contributed by atoms with Gasteiger partial charge in [0, 0.05) is 126 Å². The van der Waals surface area contributed by atoms with Gasteiger partial charge in [-0.3, -0.25) is 19.2 Å². The van der Waals surface area contributed by atoms with E-state index in [2.05, 4.69) is 67.6 Å². The van der Waals surface area contributed by atoms with Gasteiger partial charge in [-0.25, -0.2) is 0 Å². The van der Waals surface area contributed by atoms with E-state index in [0.717, 1.165) is 50.8 Å². The molecular formula is C105H184N10No4O24-2. The number of esters is 2. The summed E-state index contributed by atoms with van der Waals surface area (Å²) in [6.07, 6.45) is -2.62. The number of terminal acetylenes is 1. The van der Waals surface area contributed by atoms with Gasteiger partial charge in [-0.15, -0.1) is 17.4 Å². The number of likely N-dealkylation sites (N-methyl/N-ethyl adjacent to an activating group) is 4. The number of rotatable bonds is 29. The SMILES string of the molecule is C.C.C.C#CCCN(C)[C@H]1C[C@@H](C)O[C@@H](O[C@@H]2[C@@H](C)[C@H](O[C@H]3C[C@@](C)(OC)[C@@H](O)[C@H](C)O3)[C@@H](C)C(=O)O[C@H](CC)[C@@](C)(O)[C@H](O)[C@@H](C)N(C)C[C@H](C)C[C@@]2(C)O)[C@@H]1O.CC[C@H]1OC(=O)[C@H](C)[C@@H](O[C@H]2C[C@@](C)(OC)[C@@H](O)[C@H](C)O2)[C@H](C)[C@@H](O[C@@H]2O[C@H](C)C[C@H](N(C)CCc3cn(CCCCc4cc[c-]cc4)nn3)[C@H]2O)[C@](C)(O)C[C@@H](C)CN(C)[C@H](C)[C@@H](O)[C@]1(C)O.[N-]=[N+]=NCCCCc1cc[c-]cc1.[No].[No].[No].[No]. The predicted molar refractivity (Wildman–Crippen MR) is 534 cm³/mol. The molecule has 2 aromatic carbocycles. The van der Waals surface area contributed by atoms with E-state index >= 15 is 0 Å². The summed E-state index contributed by atoms with van der Waals surface area (Å²) in [6.45, 7) is 38.6. The van der Waals surface area contributed by atoms with E-state index in [-0.39, 0.29) is 96.9 Å². The van der Waals surface area contributed by atoms with Crippen LogP contribution in [0.1, 0.15) is 261 Å². The third-order valence-corrected chi connectivity index (χ3v) is 29.9. The summed E-state index contributed by atoms with van der Waals surface area (Å²) in [6, 6.07) is 20.2. The molecule has 0 spiro atoms. The van der Waals surface area contributed by atoms with Crippen LogP contribution < -0.4 is 0 Å². The zero-order chi connectivity index (χ0) is 101. The second-order valence-electron chi connectivity index (χ2n) is 41.7. The van der Waals surface area contributed by atoms with Crippen LogP contribution in [0.3, 0.4) is 0 Å². The zero-order valence-electron chi connectivity index (χ0n) is 87.4. The molecule has 0 unspecified atom stereocenters. The van der Waals surface area contributed by atoms with Gasteiger partial charge in [0.2, 0.25) is 0 Å². The minimum absolute atomic E-state index is 0. The molecule has 9 rings (SSSR count). The van der Waals surface area contributed by atoms with Crippen molar-refractivity contribution in [3.63, 3.8) is 0 Å². The molecule has 34 nitrogen and oxygen atoms in total. The molecule has 36 atom stereocenters. The largest absolute Gasteiger partial charge is 0.459 e. The molecule has 7 heterocycles. The average Bonchev–Trinajstić information content (AvgIpc) is 0.851. The zero-order valence-corrected chi connectivity index (χ0v) is 96.3. The molecular weight excluding hydrogens is 2820 g/mol. The number of methoxy groups -OCH3 is 2. The van der Waals surface area contributed by atoms with Gasteiger partial charge >= 0.3 is 11.9 Å².